The zero-order chi connectivity index (χ0) is 23.1. The summed E-state index contributed by atoms with van der Waals surface area (Å²) < 4.78 is 17.6. The number of fused-ring (bicyclic) bond motifs is 1. The molecule has 2 heterocycles. The molecule has 186 valence electrons. The molecule has 0 amide bonds. The van der Waals surface area contributed by atoms with E-state index in [0.29, 0.717) is 5.92 Å². The van der Waals surface area contributed by atoms with Crippen LogP contribution in [0.1, 0.15) is 50.5 Å². The van der Waals surface area contributed by atoms with Crippen LogP contribution < -0.4 is 4.74 Å². The van der Waals surface area contributed by atoms with E-state index in [9.17, 15) is 0 Å². The number of hydrogen-bond acceptors (Lipinski definition) is 5. The minimum atomic E-state index is 0.175. The van der Waals surface area contributed by atoms with Crippen molar-refractivity contribution < 1.29 is 14.2 Å². The second kappa shape index (κ2) is 11.7. The average molecular weight is 467 g/mol. The van der Waals surface area contributed by atoms with Crippen LogP contribution >= 0.6 is 0 Å². The summed E-state index contributed by atoms with van der Waals surface area (Å²) in [7, 11) is 0. The monoisotopic (exact) mass is 466 g/mol. The fraction of sp³-hybridized carbons (Fsp3) is 0.655. The van der Waals surface area contributed by atoms with Gasteiger partial charge in [-0.05, 0) is 87.4 Å². The first-order valence-electron chi connectivity index (χ1n) is 13.6. The summed E-state index contributed by atoms with van der Waals surface area (Å²) in [6.45, 7) is 10.3. The van der Waals surface area contributed by atoms with Crippen LogP contribution in [0.5, 0.6) is 5.75 Å². The van der Waals surface area contributed by atoms with E-state index in [-0.39, 0.29) is 5.41 Å². The number of hydrogen-bond donors (Lipinski definition) is 0. The van der Waals surface area contributed by atoms with Crippen LogP contribution in [-0.4, -0.2) is 75.5 Å². The molecule has 0 spiro atoms. The Bertz CT molecular complexity index is 822. The van der Waals surface area contributed by atoms with Crippen molar-refractivity contribution in [3.05, 3.63) is 53.8 Å². The van der Waals surface area contributed by atoms with Crippen molar-refractivity contribution in [1.29, 1.82) is 0 Å². The molecule has 5 heteroatoms. The Morgan fingerprint density at radius 1 is 0.824 bits per heavy atom. The maximum absolute atomic E-state index is 6.09. The van der Waals surface area contributed by atoms with Gasteiger partial charge < -0.3 is 24.0 Å². The Balaban J connectivity index is 1.01. The number of rotatable bonds is 11. The third-order valence-corrected chi connectivity index (χ3v) is 7.90. The van der Waals surface area contributed by atoms with E-state index in [2.05, 4.69) is 52.3 Å². The van der Waals surface area contributed by atoms with Crippen LogP contribution in [0.4, 0.5) is 0 Å². The highest BCUT2D eigenvalue weighted by atomic mass is 16.5. The quantitative estimate of drug-likeness (QED) is 0.439. The third kappa shape index (κ3) is 6.24. The molecule has 5 nitrogen and oxygen atoms in total. The molecule has 34 heavy (non-hydrogen) atoms. The van der Waals surface area contributed by atoms with Gasteiger partial charge in [0.05, 0.1) is 19.8 Å². The zero-order valence-electron chi connectivity index (χ0n) is 20.8. The van der Waals surface area contributed by atoms with E-state index >= 15 is 0 Å². The molecule has 0 bridgehead atoms. The van der Waals surface area contributed by atoms with Crippen molar-refractivity contribution in [3.63, 3.8) is 0 Å². The maximum atomic E-state index is 6.09. The lowest BCUT2D eigenvalue weighted by Gasteiger charge is -2.26. The molecule has 1 aromatic carbocycles. The summed E-state index contributed by atoms with van der Waals surface area (Å²) >= 11 is 0. The highest BCUT2D eigenvalue weighted by molar-refractivity contribution is 5.48. The zero-order valence-corrected chi connectivity index (χ0v) is 20.8. The first kappa shape index (κ1) is 23.9. The van der Waals surface area contributed by atoms with Gasteiger partial charge in [-0.25, -0.2) is 0 Å². The van der Waals surface area contributed by atoms with Crippen molar-refractivity contribution in [3.8, 4) is 5.75 Å². The maximum Gasteiger partial charge on any atom is 0.119 e. The van der Waals surface area contributed by atoms with Gasteiger partial charge in [0.1, 0.15) is 11.5 Å². The van der Waals surface area contributed by atoms with E-state index in [0.717, 1.165) is 76.8 Å². The highest BCUT2D eigenvalue weighted by Crippen LogP contribution is 2.58. The van der Waals surface area contributed by atoms with Gasteiger partial charge in [0.2, 0.25) is 0 Å². The molecule has 4 aliphatic rings. The van der Waals surface area contributed by atoms with E-state index in [1.807, 2.05) is 0 Å². The average Bonchev–Trinajstić information content (AvgIpc) is 3.66. The lowest BCUT2D eigenvalue weighted by atomic mass is 9.90. The van der Waals surface area contributed by atoms with E-state index in [1.54, 1.807) is 0 Å². The first-order chi connectivity index (χ1) is 16.8. The molecule has 1 saturated carbocycles. The topological polar surface area (TPSA) is 34.2 Å². The Morgan fingerprint density at radius 2 is 1.56 bits per heavy atom. The number of piperidine rings is 1. The van der Waals surface area contributed by atoms with Crippen molar-refractivity contribution in [2.45, 2.75) is 50.4 Å². The number of benzene rings is 1. The van der Waals surface area contributed by atoms with Crippen LogP contribution in [0, 0.1) is 5.92 Å². The Morgan fingerprint density at radius 3 is 2.35 bits per heavy atom. The Kier molecular flexibility index (Phi) is 8.25. The van der Waals surface area contributed by atoms with Crippen LogP contribution in [0.3, 0.4) is 0 Å². The van der Waals surface area contributed by atoms with Gasteiger partial charge in [-0.15, -0.1) is 0 Å². The Labute approximate surface area is 205 Å². The standard InChI is InChI=1S/C29H42N2O3/c1-2-13-30(14-3-1)16-5-21-34-28-11-12-29(24-26(29)23-28)25-7-9-27(10-8-25)33-20-6-17-31-15-4-19-32-22-18-31/h7-12,23,26H,1-6,13-22,24H2. The number of nitrogens with zero attached hydrogens (tertiary/aromatic N) is 2. The molecular formula is C29H42N2O3. The second-order valence-electron chi connectivity index (χ2n) is 10.4. The minimum absolute atomic E-state index is 0.175. The Hall–Kier alpha value is -1.82. The van der Waals surface area contributed by atoms with E-state index < -0.39 is 0 Å². The molecule has 0 aromatic heterocycles. The summed E-state index contributed by atoms with van der Waals surface area (Å²) in [4.78, 5) is 5.07. The SMILES string of the molecule is C1=CC2(c3ccc(OCCCN4CCCOCC4)cc3)CC2C=C1OCCCN1CCCCC1. The molecular weight excluding hydrogens is 424 g/mol. The number of likely N-dealkylation sites (tertiary alicyclic amines) is 1. The summed E-state index contributed by atoms with van der Waals surface area (Å²) in [6.07, 6.45) is 15.5. The predicted octanol–water partition coefficient (Wildman–Crippen LogP) is 4.78. The molecule has 2 aliphatic heterocycles. The van der Waals surface area contributed by atoms with Crippen molar-refractivity contribution >= 4 is 0 Å². The van der Waals surface area contributed by atoms with Gasteiger partial charge in [-0.2, -0.15) is 0 Å². The summed E-state index contributed by atoms with van der Waals surface area (Å²) in [6, 6.07) is 8.79. The van der Waals surface area contributed by atoms with Gasteiger partial charge in [0, 0.05) is 38.2 Å². The molecule has 2 aliphatic carbocycles. The van der Waals surface area contributed by atoms with Crippen LogP contribution in [0.15, 0.2) is 48.3 Å². The minimum Gasteiger partial charge on any atom is -0.494 e. The molecule has 2 saturated heterocycles. The molecule has 0 radical (unpaired) electrons. The number of ether oxygens (including phenoxy) is 3. The molecule has 2 unspecified atom stereocenters. The fourth-order valence-electron chi connectivity index (χ4n) is 5.74. The molecule has 5 rings (SSSR count). The third-order valence-electron chi connectivity index (χ3n) is 7.90. The van der Waals surface area contributed by atoms with Gasteiger partial charge in [-0.3, -0.25) is 0 Å². The van der Waals surface area contributed by atoms with Crippen molar-refractivity contribution in [1.82, 2.24) is 9.80 Å². The van der Waals surface area contributed by atoms with Crippen LogP contribution in [0.25, 0.3) is 0 Å². The summed E-state index contributed by atoms with van der Waals surface area (Å²) in [5.74, 6) is 2.61. The molecule has 2 atom stereocenters. The first-order valence-corrected chi connectivity index (χ1v) is 13.6. The highest BCUT2D eigenvalue weighted by Gasteiger charge is 2.53. The number of allylic oxidation sites excluding steroid dienone is 3. The largest absolute Gasteiger partial charge is 0.494 e. The van der Waals surface area contributed by atoms with Crippen LogP contribution in [0.2, 0.25) is 0 Å². The smallest absolute Gasteiger partial charge is 0.119 e. The van der Waals surface area contributed by atoms with Gasteiger partial charge in [-0.1, -0.05) is 24.6 Å². The van der Waals surface area contributed by atoms with E-state index in [4.69, 9.17) is 14.2 Å². The lowest BCUT2D eigenvalue weighted by molar-refractivity contribution is 0.140. The predicted molar refractivity (Wildman–Crippen MR) is 136 cm³/mol. The lowest BCUT2D eigenvalue weighted by Crippen LogP contribution is -2.31. The molecule has 3 fully saturated rings. The van der Waals surface area contributed by atoms with Crippen LogP contribution in [-0.2, 0) is 14.9 Å². The van der Waals surface area contributed by atoms with Gasteiger partial charge >= 0.3 is 0 Å². The molecule has 1 aromatic rings. The summed E-state index contributed by atoms with van der Waals surface area (Å²) in [5.41, 5.74) is 1.57. The fourth-order valence-corrected chi connectivity index (χ4v) is 5.74. The van der Waals surface area contributed by atoms with E-state index in [1.165, 1.54) is 50.9 Å². The van der Waals surface area contributed by atoms with Crippen molar-refractivity contribution in [2.24, 2.45) is 5.92 Å². The van der Waals surface area contributed by atoms with Gasteiger partial charge in [0.25, 0.3) is 0 Å². The molecule has 0 N–H and O–H groups in total. The van der Waals surface area contributed by atoms with Gasteiger partial charge in [0.15, 0.2) is 0 Å². The normalized spacial score (nSPS) is 27.5. The van der Waals surface area contributed by atoms with Crippen molar-refractivity contribution in [2.75, 3.05) is 65.7 Å². The second-order valence-corrected chi connectivity index (χ2v) is 10.4. The summed E-state index contributed by atoms with van der Waals surface area (Å²) in [5, 5.41) is 0.